The quantitative estimate of drug-likeness (QED) is 0.819. The number of benzene rings is 1. The van der Waals surface area contributed by atoms with E-state index in [9.17, 15) is 13.2 Å². The second kappa shape index (κ2) is 7.84. The minimum Gasteiger partial charge on any atom is -0.464 e. The lowest BCUT2D eigenvalue weighted by Gasteiger charge is -2.16. The molecule has 0 bridgehead atoms. The van der Waals surface area contributed by atoms with E-state index in [1.165, 1.54) is 29.2 Å². The zero-order valence-electron chi connectivity index (χ0n) is 14.9. The van der Waals surface area contributed by atoms with E-state index in [-0.39, 0.29) is 16.8 Å². The summed E-state index contributed by atoms with van der Waals surface area (Å²) in [4.78, 5) is 14.1. The highest BCUT2D eigenvalue weighted by molar-refractivity contribution is 7.89. The summed E-state index contributed by atoms with van der Waals surface area (Å²) in [6, 6.07) is 9.47. The molecular weight excluding hydrogens is 340 g/mol. The molecule has 2 rings (SSSR count). The maximum absolute atomic E-state index is 12.5. The highest BCUT2D eigenvalue weighted by atomic mass is 32.2. The third kappa shape index (κ3) is 4.93. The Kier molecular flexibility index (Phi) is 6.02. The van der Waals surface area contributed by atoms with Crippen molar-refractivity contribution in [3.8, 4) is 0 Å². The zero-order valence-corrected chi connectivity index (χ0v) is 15.8. The molecular formula is C18H24N2O4S. The van der Waals surface area contributed by atoms with Gasteiger partial charge in [-0.05, 0) is 56.7 Å². The molecule has 0 spiro atoms. The number of nitrogens with one attached hydrogen (secondary N) is 1. The van der Waals surface area contributed by atoms with Crippen molar-refractivity contribution in [3.63, 3.8) is 0 Å². The van der Waals surface area contributed by atoms with Gasteiger partial charge in [-0.2, -0.15) is 0 Å². The highest BCUT2D eigenvalue weighted by Crippen LogP contribution is 2.15. The van der Waals surface area contributed by atoms with E-state index in [4.69, 9.17) is 4.42 Å². The average Bonchev–Trinajstić information content (AvgIpc) is 2.98. The number of carbonyl (C=O) groups excluding carboxylic acids is 1. The number of hydrogen-bond donors (Lipinski definition) is 1. The first-order chi connectivity index (χ1) is 11.7. The highest BCUT2D eigenvalue weighted by Gasteiger charge is 2.18. The van der Waals surface area contributed by atoms with Gasteiger partial charge in [0, 0.05) is 18.7 Å². The van der Waals surface area contributed by atoms with E-state index >= 15 is 0 Å². The van der Waals surface area contributed by atoms with Crippen molar-refractivity contribution in [2.75, 3.05) is 7.05 Å². The Morgan fingerprint density at radius 2 is 1.84 bits per heavy atom. The van der Waals surface area contributed by atoms with Gasteiger partial charge >= 0.3 is 0 Å². The summed E-state index contributed by atoms with van der Waals surface area (Å²) in [6.07, 6.45) is 0.701. The van der Waals surface area contributed by atoms with E-state index in [2.05, 4.69) is 4.72 Å². The molecule has 1 heterocycles. The Balaban J connectivity index is 2.09. The van der Waals surface area contributed by atoms with Crippen LogP contribution < -0.4 is 4.72 Å². The summed E-state index contributed by atoms with van der Waals surface area (Å²) in [6.45, 7) is 5.91. The fraction of sp³-hybridized carbons (Fsp3) is 0.389. The molecule has 6 nitrogen and oxygen atoms in total. The molecule has 136 valence electrons. The van der Waals surface area contributed by atoms with Gasteiger partial charge in [-0.1, -0.05) is 6.92 Å². The van der Waals surface area contributed by atoms with Gasteiger partial charge in [-0.25, -0.2) is 13.1 Å². The molecule has 1 amide bonds. The Labute approximate surface area is 148 Å². The molecule has 1 unspecified atom stereocenters. The molecule has 1 N–H and O–H groups in total. The predicted octanol–water partition coefficient (Wildman–Crippen LogP) is 2.94. The van der Waals surface area contributed by atoms with Crippen LogP contribution in [0.4, 0.5) is 0 Å². The van der Waals surface area contributed by atoms with Gasteiger partial charge < -0.3 is 9.32 Å². The molecule has 1 aromatic heterocycles. The largest absolute Gasteiger partial charge is 0.464 e. The molecule has 25 heavy (non-hydrogen) atoms. The first-order valence-corrected chi connectivity index (χ1v) is 9.64. The van der Waals surface area contributed by atoms with Crippen molar-refractivity contribution in [2.45, 2.75) is 44.7 Å². The predicted molar refractivity (Wildman–Crippen MR) is 95.8 cm³/mol. The fourth-order valence-electron chi connectivity index (χ4n) is 2.29. The van der Waals surface area contributed by atoms with Crippen LogP contribution >= 0.6 is 0 Å². The van der Waals surface area contributed by atoms with Gasteiger partial charge in [-0.15, -0.1) is 0 Å². The van der Waals surface area contributed by atoms with Gasteiger partial charge in [0.25, 0.3) is 5.91 Å². The number of sulfonamides is 1. The van der Waals surface area contributed by atoms with Crippen LogP contribution in [-0.2, 0) is 16.6 Å². The van der Waals surface area contributed by atoms with Crippen LogP contribution in [0.2, 0.25) is 0 Å². The van der Waals surface area contributed by atoms with E-state index in [0.29, 0.717) is 24.3 Å². The summed E-state index contributed by atoms with van der Waals surface area (Å²) in [5, 5.41) is 0. The fourth-order valence-corrected chi connectivity index (χ4v) is 3.62. The Morgan fingerprint density at radius 1 is 1.20 bits per heavy atom. The van der Waals surface area contributed by atoms with E-state index in [1.807, 2.05) is 26.0 Å². The van der Waals surface area contributed by atoms with Crippen LogP contribution in [0.1, 0.15) is 42.1 Å². The third-order valence-electron chi connectivity index (χ3n) is 3.92. The molecule has 0 radical (unpaired) electrons. The number of amides is 1. The minimum atomic E-state index is -3.57. The zero-order chi connectivity index (χ0) is 18.6. The molecule has 2 aromatic rings. The number of carbonyl (C=O) groups is 1. The molecule has 0 saturated carbocycles. The van der Waals surface area contributed by atoms with Crippen LogP contribution in [0, 0.1) is 6.92 Å². The topological polar surface area (TPSA) is 79.6 Å². The Morgan fingerprint density at radius 3 is 2.36 bits per heavy atom. The van der Waals surface area contributed by atoms with Crippen LogP contribution in [0.25, 0.3) is 0 Å². The van der Waals surface area contributed by atoms with Gasteiger partial charge in [0.15, 0.2) is 0 Å². The van der Waals surface area contributed by atoms with Gasteiger partial charge in [-0.3, -0.25) is 4.79 Å². The molecule has 1 aromatic carbocycles. The normalized spacial score (nSPS) is 12.8. The first kappa shape index (κ1) is 19.2. The van der Waals surface area contributed by atoms with Gasteiger partial charge in [0.05, 0.1) is 11.4 Å². The smallest absolute Gasteiger partial charge is 0.254 e. The van der Waals surface area contributed by atoms with Crippen molar-refractivity contribution in [3.05, 3.63) is 53.5 Å². The molecule has 7 heteroatoms. The van der Waals surface area contributed by atoms with E-state index in [1.54, 1.807) is 14.0 Å². The summed E-state index contributed by atoms with van der Waals surface area (Å²) >= 11 is 0. The molecule has 0 saturated heterocycles. The van der Waals surface area contributed by atoms with Gasteiger partial charge in [0.1, 0.15) is 11.5 Å². The van der Waals surface area contributed by atoms with Crippen LogP contribution in [0.3, 0.4) is 0 Å². The number of nitrogens with zero attached hydrogens (tertiary/aromatic N) is 1. The van der Waals surface area contributed by atoms with Crippen molar-refractivity contribution in [1.82, 2.24) is 9.62 Å². The standard InChI is InChI=1S/C18H24N2O4S/c1-5-13(2)19-25(22,23)17-10-7-15(8-11-17)18(21)20(4)12-16-9-6-14(3)24-16/h6-11,13,19H,5,12H2,1-4H3. The second-order valence-corrected chi connectivity index (χ2v) is 7.84. The van der Waals surface area contributed by atoms with Crippen molar-refractivity contribution in [1.29, 1.82) is 0 Å². The molecule has 0 fully saturated rings. The number of hydrogen-bond acceptors (Lipinski definition) is 4. The number of furan rings is 1. The van der Waals surface area contributed by atoms with E-state index < -0.39 is 10.0 Å². The maximum atomic E-state index is 12.5. The lowest BCUT2D eigenvalue weighted by Crippen LogP contribution is -2.32. The monoisotopic (exact) mass is 364 g/mol. The van der Waals surface area contributed by atoms with Crippen LogP contribution in [0.15, 0.2) is 45.7 Å². The third-order valence-corrected chi connectivity index (χ3v) is 5.52. The minimum absolute atomic E-state index is 0.144. The summed E-state index contributed by atoms with van der Waals surface area (Å²) in [7, 11) is -1.89. The summed E-state index contributed by atoms with van der Waals surface area (Å²) < 4.78 is 32.5. The Hall–Kier alpha value is -2.12. The number of rotatable bonds is 7. The maximum Gasteiger partial charge on any atom is 0.254 e. The molecule has 1 atom stereocenters. The lowest BCUT2D eigenvalue weighted by molar-refractivity contribution is 0.0775. The molecule has 0 aliphatic carbocycles. The number of aryl methyl sites for hydroxylation is 1. The summed E-state index contributed by atoms with van der Waals surface area (Å²) in [5.41, 5.74) is 0.424. The lowest BCUT2D eigenvalue weighted by atomic mass is 10.2. The van der Waals surface area contributed by atoms with Crippen molar-refractivity contribution >= 4 is 15.9 Å². The molecule has 0 aliphatic heterocycles. The van der Waals surface area contributed by atoms with Gasteiger partial charge in [0.2, 0.25) is 10.0 Å². The SMILES string of the molecule is CCC(C)NS(=O)(=O)c1ccc(C(=O)N(C)Cc2ccc(C)o2)cc1. The Bertz CT molecular complexity index is 825. The second-order valence-electron chi connectivity index (χ2n) is 6.13. The van der Waals surface area contributed by atoms with Crippen LogP contribution in [-0.4, -0.2) is 32.3 Å². The first-order valence-electron chi connectivity index (χ1n) is 8.16. The van der Waals surface area contributed by atoms with Crippen molar-refractivity contribution in [2.24, 2.45) is 0 Å². The molecule has 0 aliphatic rings. The average molecular weight is 364 g/mol. The van der Waals surface area contributed by atoms with E-state index in [0.717, 1.165) is 5.76 Å². The van der Waals surface area contributed by atoms with Crippen molar-refractivity contribution < 1.29 is 17.6 Å². The van der Waals surface area contributed by atoms with Crippen LogP contribution in [0.5, 0.6) is 0 Å². The summed E-state index contributed by atoms with van der Waals surface area (Å²) in [5.74, 6) is 1.29.